The molecule has 0 radical (unpaired) electrons. The number of hydrogen-bond acceptors (Lipinski definition) is 4. The highest BCUT2D eigenvalue weighted by Gasteiger charge is 2.25. The quantitative estimate of drug-likeness (QED) is 0.889. The maximum absolute atomic E-state index is 4.67. The van der Waals surface area contributed by atoms with Crippen LogP contribution in [0.4, 0.5) is 0 Å². The molecule has 1 fully saturated rings. The Morgan fingerprint density at radius 2 is 2.22 bits per heavy atom. The fourth-order valence-electron chi connectivity index (χ4n) is 2.53. The summed E-state index contributed by atoms with van der Waals surface area (Å²) in [5.41, 5.74) is 1.21. The molecule has 0 bridgehead atoms. The lowest BCUT2D eigenvalue weighted by atomic mass is 10.2. The lowest BCUT2D eigenvalue weighted by Gasteiger charge is -2.19. The van der Waals surface area contributed by atoms with Gasteiger partial charge < -0.3 is 10.2 Å². The topological polar surface area (TPSA) is 28.2 Å². The SMILES string of the molecule is CC(C)c1nc(CN[C@H]2CC[C@H](N(C)C)C2)cs1. The third-order valence-corrected chi connectivity index (χ3v) is 4.96. The van der Waals surface area contributed by atoms with E-state index in [1.54, 1.807) is 11.3 Å². The van der Waals surface area contributed by atoms with Crippen molar-refractivity contribution in [2.45, 2.75) is 57.7 Å². The molecule has 2 atom stereocenters. The van der Waals surface area contributed by atoms with Crippen molar-refractivity contribution >= 4 is 11.3 Å². The Kier molecular flexibility index (Phi) is 4.76. The average molecular weight is 267 g/mol. The molecule has 102 valence electrons. The van der Waals surface area contributed by atoms with Crippen molar-refractivity contribution in [2.75, 3.05) is 14.1 Å². The monoisotopic (exact) mass is 267 g/mol. The largest absolute Gasteiger partial charge is 0.308 e. The van der Waals surface area contributed by atoms with Crippen LogP contribution < -0.4 is 5.32 Å². The molecule has 1 N–H and O–H groups in total. The first kappa shape index (κ1) is 14.0. The molecule has 1 aromatic heterocycles. The minimum atomic E-state index is 0.549. The van der Waals surface area contributed by atoms with E-state index in [-0.39, 0.29) is 0 Å². The zero-order valence-electron chi connectivity index (χ0n) is 11.9. The van der Waals surface area contributed by atoms with Crippen molar-refractivity contribution in [1.82, 2.24) is 15.2 Å². The molecular formula is C14H25N3S. The number of nitrogens with zero attached hydrogens (tertiary/aromatic N) is 2. The van der Waals surface area contributed by atoms with Gasteiger partial charge in [0, 0.05) is 29.9 Å². The van der Waals surface area contributed by atoms with Crippen LogP contribution in [-0.4, -0.2) is 36.1 Å². The first-order valence-corrected chi connectivity index (χ1v) is 7.78. The minimum absolute atomic E-state index is 0.549. The van der Waals surface area contributed by atoms with Gasteiger partial charge in [0.05, 0.1) is 10.7 Å². The predicted octanol–water partition coefficient (Wildman–Crippen LogP) is 2.84. The Labute approximate surface area is 115 Å². The Balaban J connectivity index is 1.78. The van der Waals surface area contributed by atoms with Crippen LogP contribution in [0.5, 0.6) is 0 Å². The zero-order valence-corrected chi connectivity index (χ0v) is 12.8. The first-order valence-electron chi connectivity index (χ1n) is 6.90. The van der Waals surface area contributed by atoms with Gasteiger partial charge in [-0.3, -0.25) is 0 Å². The lowest BCUT2D eigenvalue weighted by molar-refractivity contribution is 0.293. The zero-order chi connectivity index (χ0) is 13.1. The van der Waals surface area contributed by atoms with Gasteiger partial charge in [0.15, 0.2) is 0 Å². The molecule has 1 aromatic rings. The normalized spacial score (nSPS) is 24.3. The highest BCUT2D eigenvalue weighted by Crippen LogP contribution is 2.23. The maximum atomic E-state index is 4.67. The lowest BCUT2D eigenvalue weighted by Crippen LogP contribution is -2.30. The van der Waals surface area contributed by atoms with Crippen molar-refractivity contribution in [3.8, 4) is 0 Å². The van der Waals surface area contributed by atoms with Crippen molar-refractivity contribution in [2.24, 2.45) is 0 Å². The Morgan fingerprint density at radius 3 is 2.78 bits per heavy atom. The fourth-order valence-corrected chi connectivity index (χ4v) is 3.36. The summed E-state index contributed by atoms with van der Waals surface area (Å²) in [7, 11) is 4.37. The number of thiazole rings is 1. The van der Waals surface area contributed by atoms with Crippen LogP contribution in [0.3, 0.4) is 0 Å². The van der Waals surface area contributed by atoms with Gasteiger partial charge in [0.1, 0.15) is 0 Å². The summed E-state index contributed by atoms with van der Waals surface area (Å²) >= 11 is 1.79. The number of nitrogens with one attached hydrogen (secondary N) is 1. The standard InChI is InChI=1S/C14H25N3S/c1-10(2)14-16-12(9-18-14)8-15-11-5-6-13(7-11)17(3)4/h9-11,13,15H,5-8H2,1-4H3/t11-,13-/m0/s1. The van der Waals surface area contributed by atoms with Crippen LogP contribution in [0.25, 0.3) is 0 Å². The van der Waals surface area contributed by atoms with Gasteiger partial charge >= 0.3 is 0 Å². The molecule has 0 aromatic carbocycles. The second-order valence-electron chi connectivity index (χ2n) is 5.84. The second-order valence-corrected chi connectivity index (χ2v) is 6.73. The van der Waals surface area contributed by atoms with Crippen molar-refractivity contribution in [3.05, 3.63) is 16.1 Å². The summed E-state index contributed by atoms with van der Waals surface area (Å²) in [6, 6.07) is 1.42. The van der Waals surface area contributed by atoms with Gasteiger partial charge in [-0.15, -0.1) is 11.3 Å². The van der Waals surface area contributed by atoms with E-state index in [9.17, 15) is 0 Å². The minimum Gasteiger partial charge on any atom is -0.308 e. The van der Waals surface area contributed by atoms with Crippen LogP contribution in [0.2, 0.25) is 0 Å². The van der Waals surface area contributed by atoms with Gasteiger partial charge in [0.25, 0.3) is 0 Å². The predicted molar refractivity (Wildman–Crippen MR) is 78.2 cm³/mol. The first-order chi connectivity index (χ1) is 8.56. The number of rotatable bonds is 5. The van der Waals surface area contributed by atoms with Crippen LogP contribution in [0, 0.1) is 0 Å². The molecule has 4 heteroatoms. The summed E-state index contributed by atoms with van der Waals surface area (Å²) in [4.78, 5) is 7.02. The maximum Gasteiger partial charge on any atom is 0.0954 e. The highest BCUT2D eigenvalue weighted by molar-refractivity contribution is 7.09. The highest BCUT2D eigenvalue weighted by atomic mass is 32.1. The Bertz CT molecular complexity index is 373. The molecule has 0 aliphatic heterocycles. The Morgan fingerprint density at radius 1 is 1.44 bits per heavy atom. The summed E-state index contributed by atoms with van der Waals surface area (Å²) in [5, 5.41) is 7.10. The molecule has 0 saturated heterocycles. The van der Waals surface area contributed by atoms with E-state index in [2.05, 4.69) is 48.5 Å². The van der Waals surface area contributed by atoms with E-state index in [1.807, 2.05) is 0 Å². The molecule has 1 aliphatic carbocycles. The molecule has 0 amide bonds. The average Bonchev–Trinajstić information content (AvgIpc) is 2.95. The third kappa shape index (κ3) is 3.53. The summed E-state index contributed by atoms with van der Waals surface area (Å²) < 4.78 is 0. The van der Waals surface area contributed by atoms with Gasteiger partial charge in [-0.25, -0.2) is 4.98 Å². The summed E-state index contributed by atoms with van der Waals surface area (Å²) in [5.74, 6) is 0.549. The smallest absolute Gasteiger partial charge is 0.0954 e. The van der Waals surface area contributed by atoms with E-state index in [4.69, 9.17) is 0 Å². The van der Waals surface area contributed by atoms with Gasteiger partial charge in [-0.1, -0.05) is 13.8 Å². The number of hydrogen-bond donors (Lipinski definition) is 1. The third-order valence-electron chi connectivity index (χ3n) is 3.77. The van der Waals surface area contributed by atoms with E-state index >= 15 is 0 Å². The second kappa shape index (κ2) is 6.13. The van der Waals surface area contributed by atoms with Crippen molar-refractivity contribution < 1.29 is 0 Å². The van der Waals surface area contributed by atoms with E-state index < -0.39 is 0 Å². The summed E-state index contributed by atoms with van der Waals surface area (Å²) in [6.07, 6.45) is 3.89. The molecule has 1 aliphatic rings. The molecular weight excluding hydrogens is 242 g/mol. The van der Waals surface area contributed by atoms with Crippen LogP contribution >= 0.6 is 11.3 Å². The van der Waals surface area contributed by atoms with E-state index in [1.165, 1.54) is 30.0 Å². The van der Waals surface area contributed by atoms with Crippen LogP contribution in [0.15, 0.2) is 5.38 Å². The van der Waals surface area contributed by atoms with Crippen LogP contribution in [0.1, 0.15) is 49.7 Å². The number of aromatic nitrogens is 1. The molecule has 1 saturated carbocycles. The van der Waals surface area contributed by atoms with Gasteiger partial charge in [-0.2, -0.15) is 0 Å². The Hall–Kier alpha value is -0.450. The van der Waals surface area contributed by atoms with Gasteiger partial charge in [0.2, 0.25) is 0 Å². The van der Waals surface area contributed by atoms with E-state index in [0.29, 0.717) is 12.0 Å². The molecule has 1 heterocycles. The summed E-state index contributed by atoms with van der Waals surface area (Å²) in [6.45, 7) is 5.33. The van der Waals surface area contributed by atoms with Crippen molar-refractivity contribution in [1.29, 1.82) is 0 Å². The molecule has 3 nitrogen and oxygen atoms in total. The molecule has 0 unspecified atom stereocenters. The van der Waals surface area contributed by atoms with Gasteiger partial charge in [-0.05, 0) is 33.4 Å². The van der Waals surface area contributed by atoms with Crippen molar-refractivity contribution in [3.63, 3.8) is 0 Å². The van der Waals surface area contributed by atoms with E-state index in [0.717, 1.165) is 12.6 Å². The molecule has 2 rings (SSSR count). The fraction of sp³-hybridized carbons (Fsp3) is 0.786. The molecule has 0 spiro atoms. The molecule has 18 heavy (non-hydrogen) atoms. The van der Waals surface area contributed by atoms with Crippen LogP contribution in [-0.2, 0) is 6.54 Å².